The molecule has 10 nitrogen and oxygen atoms in total. The summed E-state index contributed by atoms with van der Waals surface area (Å²) in [7, 11) is 1.81. The molecule has 0 fully saturated rings. The average Bonchev–Trinajstić information content (AvgIpc) is 3.45. The minimum Gasteiger partial charge on any atom is -0.365 e. The Bertz CT molecular complexity index is 1420. The van der Waals surface area contributed by atoms with E-state index < -0.39 is 5.91 Å². The number of nitrogens with one attached hydrogen (secondary N) is 1. The molecule has 0 aromatic carbocycles. The number of aromatic amines is 1. The highest BCUT2D eigenvalue weighted by molar-refractivity contribution is 7.19. The van der Waals surface area contributed by atoms with Crippen molar-refractivity contribution in [2.45, 2.75) is 13.0 Å². The third-order valence-corrected chi connectivity index (χ3v) is 6.60. The fraction of sp³-hybridized carbons (Fsp3) is 0.176. The number of thiazole rings is 2. The first-order valence-corrected chi connectivity index (χ1v) is 10.3. The van der Waals surface area contributed by atoms with Gasteiger partial charge in [0.25, 0.3) is 11.5 Å². The Morgan fingerprint density at radius 2 is 2.24 bits per heavy atom. The highest BCUT2D eigenvalue weighted by atomic mass is 32.1. The molecule has 0 spiro atoms. The van der Waals surface area contributed by atoms with Crippen LogP contribution in [0.4, 0.5) is 0 Å². The van der Waals surface area contributed by atoms with Gasteiger partial charge in [0, 0.05) is 30.7 Å². The molecule has 5 aromatic rings. The van der Waals surface area contributed by atoms with Gasteiger partial charge in [0.1, 0.15) is 15.4 Å². The molecule has 5 heterocycles. The molecule has 0 saturated carbocycles. The number of hydrogen-bond donors (Lipinski definition) is 2. The Morgan fingerprint density at radius 1 is 1.38 bits per heavy atom. The second-order valence-electron chi connectivity index (χ2n) is 6.44. The molecule has 146 valence electrons. The van der Waals surface area contributed by atoms with Crippen LogP contribution in [0, 0.1) is 0 Å². The van der Waals surface area contributed by atoms with Gasteiger partial charge in [-0.15, -0.1) is 22.7 Å². The highest BCUT2D eigenvalue weighted by Gasteiger charge is 2.20. The summed E-state index contributed by atoms with van der Waals surface area (Å²) in [6.45, 7) is 0.0773. The van der Waals surface area contributed by atoms with Crippen LogP contribution in [0.1, 0.15) is 26.1 Å². The molecule has 0 radical (unpaired) electrons. The van der Waals surface area contributed by atoms with Crippen LogP contribution in [0.25, 0.3) is 21.3 Å². The molecule has 5 aromatic heterocycles. The summed E-state index contributed by atoms with van der Waals surface area (Å²) in [6, 6.07) is 1.91. The number of carbonyl (C=O) groups excluding carboxylic acids is 1. The lowest BCUT2D eigenvalue weighted by atomic mass is 10.3. The quantitative estimate of drug-likeness (QED) is 0.434. The van der Waals surface area contributed by atoms with E-state index in [0.29, 0.717) is 22.5 Å². The topological polar surface area (TPSA) is 137 Å². The van der Waals surface area contributed by atoms with Crippen molar-refractivity contribution in [1.82, 2.24) is 34.5 Å². The predicted molar refractivity (Wildman–Crippen MR) is 109 cm³/mol. The molecule has 1 amide bonds. The Labute approximate surface area is 170 Å². The van der Waals surface area contributed by atoms with Gasteiger partial charge in [0.2, 0.25) is 0 Å². The monoisotopic (exact) mass is 426 g/mol. The molecule has 0 atom stereocenters. The number of rotatable bonds is 5. The van der Waals surface area contributed by atoms with E-state index in [-0.39, 0.29) is 12.1 Å². The molecule has 5 rings (SSSR count). The molecule has 0 unspecified atom stereocenters. The number of hydrogen-bond acceptors (Lipinski definition) is 8. The van der Waals surface area contributed by atoms with Gasteiger partial charge in [0.15, 0.2) is 5.65 Å². The van der Waals surface area contributed by atoms with E-state index >= 15 is 0 Å². The molecule has 0 aliphatic carbocycles. The largest absolute Gasteiger partial charge is 0.365 e. The number of H-pyrrole nitrogens is 1. The molecule has 0 saturated heterocycles. The van der Waals surface area contributed by atoms with E-state index in [1.807, 2.05) is 13.1 Å². The Kier molecular flexibility index (Phi) is 4.03. The van der Waals surface area contributed by atoms with E-state index in [1.54, 1.807) is 17.0 Å². The third kappa shape index (κ3) is 2.84. The van der Waals surface area contributed by atoms with Crippen LogP contribution in [0.3, 0.4) is 0 Å². The lowest BCUT2D eigenvalue weighted by molar-refractivity contribution is 0.100. The van der Waals surface area contributed by atoms with Crippen molar-refractivity contribution in [2.75, 3.05) is 0 Å². The Morgan fingerprint density at radius 3 is 3.00 bits per heavy atom. The van der Waals surface area contributed by atoms with Crippen molar-refractivity contribution in [3.05, 3.63) is 55.6 Å². The van der Waals surface area contributed by atoms with Crippen LogP contribution >= 0.6 is 22.7 Å². The standard InChI is InChI=1S/C17H14N8O2S2/c1-24-12-9(13-16(24)22-11(29-13)4-8-2-3-20-23-8)5-21-25(17(12)27)6-10-14(15(18)26)28-7-19-10/h2-3,5,7H,4,6H2,1H3,(H2,18,26)(H,20,23). The molecule has 3 N–H and O–H groups in total. The second kappa shape index (κ2) is 6.60. The van der Waals surface area contributed by atoms with E-state index in [4.69, 9.17) is 10.7 Å². The highest BCUT2D eigenvalue weighted by Crippen LogP contribution is 2.31. The van der Waals surface area contributed by atoms with Gasteiger partial charge >= 0.3 is 0 Å². The summed E-state index contributed by atoms with van der Waals surface area (Å²) in [4.78, 5) is 33.8. The summed E-state index contributed by atoms with van der Waals surface area (Å²) in [5, 5.41) is 12.9. The molecule has 0 aliphatic rings. The number of primary amides is 1. The van der Waals surface area contributed by atoms with E-state index in [1.165, 1.54) is 21.5 Å². The van der Waals surface area contributed by atoms with Crippen molar-refractivity contribution in [3.63, 3.8) is 0 Å². The fourth-order valence-electron chi connectivity index (χ4n) is 3.29. The summed E-state index contributed by atoms with van der Waals surface area (Å²) < 4.78 is 3.99. The van der Waals surface area contributed by atoms with Crippen LogP contribution in [0.15, 0.2) is 28.8 Å². The summed E-state index contributed by atoms with van der Waals surface area (Å²) >= 11 is 2.68. The zero-order valence-electron chi connectivity index (χ0n) is 15.1. The third-order valence-electron chi connectivity index (χ3n) is 4.63. The van der Waals surface area contributed by atoms with Gasteiger partial charge in [-0.25, -0.2) is 14.6 Å². The van der Waals surface area contributed by atoms with Crippen LogP contribution in [0.2, 0.25) is 0 Å². The van der Waals surface area contributed by atoms with E-state index in [0.717, 1.165) is 37.8 Å². The first-order valence-electron chi connectivity index (χ1n) is 8.57. The smallest absolute Gasteiger partial charge is 0.291 e. The normalized spacial score (nSPS) is 11.6. The average molecular weight is 426 g/mol. The Hall–Kier alpha value is -3.38. The van der Waals surface area contributed by atoms with E-state index in [9.17, 15) is 9.59 Å². The first kappa shape index (κ1) is 17.7. The fourth-order valence-corrected chi connectivity index (χ4v) is 5.07. The summed E-state index contributed by atoms with van der Waals surface area (Å²) in [5.41, 5.74) is 9.29. The number of nitrogens with two attached hydrogens (primary N) is 1. The van der Waals surface area contributed by atoms with Crippen LogP contribution in [-0.4, -0.2) is 40.4 Å². The SMILES string of the molecule is Cn1c2nc(Cc3ccn[nH]3)sc2c2cnn(Cc3ncsc3C(N)=O)c(=O)c21. The van der Waals surface area contributed by atoms with Gasteiger partial charge in [-0.05, 0) is 6.07 Å². The van der Waals surface area contributed by atoms with Gasteiger partial charge in [-0.1, -0.05) is 0 Å². The second-order valence-corrected chi connectivity index (χ2v) is 8.38. The maximum absolute atomic E-state index is 13.1. The molecule has 29 heavy (non-hydrogen) atoms. The lowest BCUT2D eigenvalue weighted by Crippen LogP contribution is -2.25. The number of fused-ring (bicyclic) bond motifs is 3. The number of amides is 1. The molecule has 12 heteroatoms. The lowest BCUT2D eigenvalue weighted by Gasteiger charge is -2.05. The van der Waals surface area contributed by atoms with Crippen LogP contribution in [0.5, 0.6) is 0 Å². The van der Waals surface area contributed by atoms with Crippen LogP contribution < -0.4 is 11.3 Å². The number of nitrogens with zero attached hydrogens (tertiary/aromatic N) is 6. The first-order chi connectivity index (χ1) is 14.0. The summed E-state index contributed by atoms with van der Waals surface area (Å²) in [5.74, 6) is -0.565. The van der Waals surface area contributed by atoms with Crippen molar-refractivity contribution >= 4 is 49.8 Å². The van der Waals surface area contributed by atoms with Crippen molar-refractivity contribution in [2.24, 2.45) is 12.8 Å². The van der Waals surface area contributed by atoms with Gasteiger partial charge in [-0.2, -0.15) is 10.2 Å². The van der Waals surface area contributed by atoms with Crippen molar-refractivity contribution in [1.29, 1.82) is 0 Å². The molecular weight excluding hydrogens is 412 g/mol. The molecular formula is C17H14N8O2S2. The number of carbonyl (C=O) groups is 1. The predicted octanol–water partition coefficient (Wildman–Crippen LogP) is 1.26. The number of aryl methyl sites for hydroxylation is 1. The van der Waals surface area contributed by atoms with E-state index in [2.05, 4.69) is 20.3 Å². The summed E-state index contributed by atoms with van der Waals surface area (Å²) in [6.07, 6.45) is 4.01. The zero-order chi connectivity index (χ0) is 20.1. The van der Waals surface area contributed by atoms with Crippen molar-refractivity contribution in [3.8, 4) is 0 Å². The maximum Gasteiger partial charge on any atom is 0.291 e. The van der Waals surface area contributed by atoms with Crippen molar-refractivity contribution < 1.29 is 4.79 Å². The molecule has 0 bridgehead atoms. The zero-order valence-corrected chi connectivity index (χ0v) is 16.8. The van der Waals surface area contributed by atoms with Gasteiger partial charge in [0.05, 0.1) is 28.6 Å². The minimum absolute atomic E-state index is 0.0773. The van der Waals surface area contributed by atoms with Gasteiger partial charge < -0.3 is 10.3 Å². The van der Waals surface area contributed by atoms with Gasteiger partial charge in [-0.3, -0.25) is 14.7 Å². The van der Waals surface area contributed by atoms with Crippen LogP contribution in [-0.2, 0) is 20.0 Å². The minimum atomic E-state index is -0.565. The maximum atomic E-state index is 13.1. The Balaban J connectivity index is 1.58. The molecule has 0 aliphatic heterocycles. The number of aromatic nitrogens is 7.